The Balaban J connectivity index is 1.67. The van der Waals surface area contributed by atoms with Gasteiger partial charge in [-0.25, -0.2) is 8.42 Å². The van der Waals surface area contributed by atoms with E-state index in [0.29, 0.717) is 28.6 Å². The molecular formula is C21H27N3O3S2. The van der Waals surface area contributed by atoms with E-state index in [1.165, 1.54) is 6.42 Å². The second-order valence-corrected chi connectivity index (χ2v) is 9.39. The first-order valence-electron chi connectivity index (χ1n) is 9.66. The molecule has 2 atom stereocenters. The molecule has 1 aliphatic rings. The third-order valence-electron chi connectivity index (χ3n) is 5.19. The maximum Gasteiger partial charge on any atom is 0.261 e. The van der Waals surface area contributed by atoms with Gasteiger partial charge in [0, 0.05) is 23.5 Å². The zero-order valence-electron chi connectivity index (χ0n) is 16.9. The molecule has 0 spiro atoms. The molecule has 2 N–H and O–H groups in total. The van der Waals surface area contributed by atoms with Crippen molar-refractivity contribution < 1.29 is 13.2 Å². The first kappa shape index (κ1) is 21.4. The molecule has 156 valence electrons. The number of benzene rings is 2. The molecule has 1 saturated heterocycles. The van der Waals surface area contributed by atoms with Gasteiger partial charge in [0.05, 0.1) is 12.0 Å². The van der Waals surface area contributed by atoms with Crippen molar-refractivity contribution in [2.75, 3.05) is 17.1 Å². The van der Waals surface area contributed by atoms with Gasteiger partial charge in [0.2, 0.25) is 0 Å². The lowest BCUT2D eigenvalue weighted by Gasteiger charge is -2.40. The van der Waals surface area contributed by atoms with Crippen molar-refractivity contribution >= 4 is 38.7 Å². The van der Waals surface area contributed by atoms with Crippen molar-refractivity contribution in [3.05, 3.63) is 48.5 Å². The molecule has 0 saturated carbocycles. The lowest BCUT2D eigenvalue weighted by atomic mass is 9.98. The van der Waals surface area contributed by atoms with Crippen LogP contribution in [0.3, 0.4) is 0 Å². The zero-order valence-corrected chi connectivity index (χ0v) is 18.5. The number of methoxy groups -OCH3 is 1. The van der Waals surface area contributed by atoms with Crippen LogP contribution in [0.4, 0.5) is 11.4 Å². The summed E-state index contributed by atoms with van der Waals surface area (Å²) in [6.45, 7) is 4.37. The minimum Gasteiger partial charge on any atom is -0.497 e. The van der Waals surface area contributed by atoms with Gasteiger partial charge in [-0.2, -0.15) is 0 Å². The minimum absolute atomic E-state index is 0.185. The van der Waals surface area contributed by atoms with Crippen molar-refractivity contribution in [1.82, 2.24) is 4.90 Å². The topological polar surface area (TPSA) is 70.7 Å². The van der Waals surface area contributed by atoms with Crippen molar-refractivity contribution in [1.29, 1.82) is 0 Å². The number of likely N-dealkylation sites (tertiary alicyclic amines) is 1. The average molecular weight is 434 g/mol. The number of piperidine rings is 1. The molecule has 8 heteroatoms. The van der Waals surface area contributed by atoms with Crippen molar-refractivity contribution in [2.45, 2.75) is 50.1 Å². The van der Waals surface area contributed by atoms with Gasteiger partial charge in [-0.1, -0.05) is 0 Å². The Hall–Kier alpha value is -2.32. The lowest BCUT2D eigenvalue weighted by Crippen LogP contribution is -2.49. The monoisotopic (exact) mass is 433 g/mol. The normalized spacial score (nSPS) is 19.5. The Morgan fingerprint density at radius 1 is 1.00 bits per heavy atom. The van der Waals surface area contributed by atoms with Crippen molar-refractivity contribution in [3.63, 3.8) is 0 Å². The van der Waals surface area contributed by atoms with E-state index in [9.17, 15) is 8.42 Å². The third kappa shape index (κ3) is 5.19. The van der Waals surface area contributed by atoms with Crippen LogP contribution >= 0.6 is 12.2 Å². The molecule has 1 fully saturated rings. The summed E-state index contributed by atoms with van der Waals surface area (Å²) in [6.07, 6.45) is 3.47. The molecule has 2 aromatic carbocycles. The molecule has 0 amide bonds. The maximum atomic E-state index is 12.6. The number of hydrogen-bond donors (Lipinski definition) is 2. The fourth-order valence-corrected chi connectivity index (χ4v) is 5.14. The molecule has 0 unspecified atom stereocenters. The highest BCUT2D eigenvalue weighted by Gasteiger charge is 2.26. The first-order valence-corrected chi connectivity index (χ1v) is 11.6. The number of anilines is 2. The summed E-state index contributed by atoms with van der Waals surface area (Å²) in [7, 11) is -2.12. The molecule has 1 heterocycles. The first-order chi connectivity index (χ1) is 13.8. The predicted molar refractivity (Wildman–Crippen MR) is 121 cm³/mol. The van der Waals surface area contributed by atoms with E-state index in [2.05, 4.69) is 28.8 Å². The Bertz CT molecular complexity index is 934. The van der Waals surface area contributed by atoms with E-state index in [-0.39, 0.29) is 4.90 Å². The van der Waals surface area contributed by atoms with Crippen LogP contribution in [-0.2, 0) is 10.0 Å². The van der Waals surface area contributed by atoms with Crippen LogP contribution in [-0.4, -0.2) is 37.6 Å². The molecule has 0 bridgehead atoms. The number of nitrogens with zero attached hydrogens (tertiary/aromatic N) is 1. The molecule has 0 aliphatic carbocycles. The third-order valence-corrected chi connectivity index (χ3v) is 6.90. The van der Waals surface area contributed by atoms with Gasteiger partial charge in [-0.3, -0.25) is 4.72 Å². The van der Waals surface area contributed by atoms with Gasteiger partial charge in [0.25, 0.3) is 10.0 Å². The number of sulfonamides is 1. The zero-order chi connectivity index (χ0) is 21.0. The summed E-state index contributed by atoms with van der Waals surface area (Å²) < 4.78 is 32.9. The van der Waals surface area contributed by atoms with Crippen LogP contribution in [0.1, 0.15) is 33.1 Å². The summed E-state index contributed by atoms with van der Waals surface area (Å²) in [5.74, 6) is 0.664. The second kappa shape index (κ2) is 9.00. The van der Waals surface area contributed by atoms with E-state index in [1.54, 1.807) is 55.6 Å². The summed E-state index contributed by atoms with van der Waals surface area (Å²) in [6, 6.07) is 14.1. The highest BCUT2D eigenvalue weighted by molar-refractivity contribution is 7.92. The van der Waals surface area contributed by atoms with E-state index in [1.807, 2.05) is 0 Å². The fraction of sp³-hybridized carbons (Fsp3) is 0.381. The lowest BCUT2D eigenvalue weighted by molar-refractivity contribution is 0.194. The van der Waals surface area contributed by atoms with Gasteiger partial charge in [0.15, 0.2) is 5.11 Å². The Labute approximate surface area is 178 Å². The van der Waals surface area contributed by atoms with Crippen LogP contribution in [0.5, 0.6) is 5.75 Å². The summed E-state index contributed by atoms with van der Waals surface area (Å²) in [4.78, 5) is 2.42. The van der Waals surface area contributed by atoms with Gasteiger partial charge < -0.3 is 15.0 Å². The van der Waals surface area contributed by atoms with Crippen LogP contribution in [0, 0.1) is 0 Å². The summed E-state index contributed by atoms with van der Waals surface area (Å²) in [5, 5.41) is 3.92. The number of ether oxygens (including phenoxy) is 1. The number of thiocarbonyl (C=S) groups is 1. The minimum atomic E-state index is -3.68. The molecule has 0 aromatic heterocycles. The predicted octanol–water partition coefficient (Wildman–Crippen LogP) is 4.46. The summed E-state index contributed by atoms with van der Waals surface area (Å²) in [5.41, 5.74) is 1.24. The van der Waals surface area contributed by atoms with Gasteiger partial charge in [-0.15, -0.1) is 0 Å². The number of hydrogen-bond acceptors (Lipinski definition) is 4. The van der Waals surface area contributed by atoms with E-state index < -0.39 is 10.0 Å². The molecule has 6 nitrogen and oxygen atoms in total. The average Bonchev–Trinajstić information content (AvgIpc) is 2.68. The highest BCUT2D eigenvalue weighted by Crippen LogP contribution is 2.25. The van der Waals surface area contributed by atoms with Crippen LogP contribution < -0.4 is 14.8 Å². The maximum absolute atomic E-state index is 12.6. The SMILES string of the molecule is COc1ccc(NS(=O)(=O)c2ccc(NC(=S)N3[C@H](C)CCC[C@@H]3C)cc2)cc1. The Kier molecular flexibility index (Phi) is 6.64. The molecule has 0 radical (unpaired) electrons. The Morgan fingerprint density at radius 3 is 2.10 bits per heavy atom. The fourth-order valence-electron chi connectivity index (χ4n) is 3.60. The van der Waals surface area contributed by atoms with Gasteiger partial charge in [-0.05, 0) is 93.9 Å². The van der Waals surface area contributed by atoms with Crippen molar-refractivity contribution in [2.24, 2.45) is 0 Å². The molecular weight excluding hydrogens is 406 g/mol. The van der Waals surface area contributed by atoms with Gasteiger partial charge >= 0.3 is 0 Å². The number of nitrogens with one attached hydrogen (secondary N) is 2. The van der Waals surface area contributed by atoms with Gasteiger partial charge in [0.1, 0.15) is 5.75 Å². The number of rotatable bonds is 5. The quantitative estimate of drug-likeness (QED) is 0.679. The Morgan fingerprint density at radius 2 is 1.55 bits per heavy atom. The highest BCUT2D eigenvalue weighted by atomic mass is 32.2. The standard InChI is InChI=1S/C21H27N3O3S2/c1-15-5-4-6-16(2)24(15)21(28)22-17-9-13-20(14-10-17)29(25,26)23-18-7-11-19(27-3)12-8-18/h7-16,23H,4-6H2,1-3H3,(H,22,28)/t15-,16+. The largest absolute Gasteiger partial charge is 0.497 e. The van der Waals surface area contributed by atoms with E-state index in [0.717, 1.165) is 18.5 Å². The van der Waals surface area contributed by atoms with E-state index in [4.69, 9.17) is 17.0 Å². The molecule has 2 aromatic rings. The molecule has 1 aliphatic heterocycles. The van der Waals surface area contributed by atoms with Crippen LogP contribution in [0.15, 0.2) is 53.4 Å². The summed E-state index contributed by atoms with van der Waals surface area (Å²) >= 11 is 5.60. The molecule has 3 rings (SSSR count). The van der Waals surface area contributed by atoms with Crippen molar-refractivity contribution in [3.8, 4) is 5.75 Å². The smallest absolute Gasteiger partial charge is 0.261 e. The molecule has 29 heavy (non-hydrogen) atoms. The second-order valence-electron chi connectivity index (χ2n) is 7.32. The van der Waals surface area contributed by atoms with E-state index >= 15 is 0 Å². The van der Waals surface area contributed by atoms with Crippen LogP contribution in [0.2, 0.25) is 0 Å². The van der Waals surface area contributed by atoms with Crippen LogP contribution in [0.25, 0.3) is 0 Å².